The molecule has 0 aliphatic rings. The molecule has 0 aromatic heterocycles. The van der Waals surface area contributed by atoms with E-state index in [1.807, 2.05) is 0 Å². The van der Waals surface area contributed by atoms with E-state index < -0.39 is 22.8 Å². The van der Waals surface area contributed by atoms with Crippen LogP contribution in [0.5, 0.6) is 5.75 Å². The molecule has 8 heteroatoms. The number of anilines is 1. The number of carboxylic acid groups (broad SMARTS) is 1. The Hall–Kier alpha value is -2.09. The second-order valence-electron chi connectivity index (χ2n) is 3.87. The third-order valence-corrected chi connectivity index (χ3v) is 3.16. The lowest BCUT2D eigenvalue weighted by atomic mass is 10.1. The zero-order chi connectivity index (χ0) is 15.1. The maximum atomic E-state index is 11.6. The van der Waals surface area contributed by atoms with E-state index in [2.05, 4.69) is 10.6 Å². The second kappa shape index (κ2) is 7.49. The minimum absolute atomic E-state index is 0.0417. The topological polar surface area (TPSA) is 105 Å². The Morgan fingerprint density at radius 2 is 2.10 bits per heavy atom. The van der Waals surface area contributed by atoms with Gasteiger partial charge in [0, 0.05) is 35.4 Å². The minimum Gasteiger partial charge on any atom is -0.497 e. The number of carbonyl (C=O) groups is 2. The number of hydrogen-bond donors (Lipinski definition) is 3. The molecule has 20 heavy (non-hydrogen) atoms. The van der Waals surface area contributed by atoms with E-state index in [4.69, 9.17) is 9.84 Å². The molecule has 1 atom stereocenters. The number of rotatable bonds is 6. The van der Waals surface area contributed by atoms with Gasteiger partial charge in [0.2, 0.25) is 0 Å². The molecule has 3 N–H and O–H groups in total. The molecule has 0 saturated carbocycles. The molecule has 7 nitrogen and oxygen atoms in total. The molecular formula is C12H16N2O5S. The van der Waals surface area contributed by atoms with Crippen molar-refractivity contribution in [2.24, 2.45) is 0 Å². The smallest absolute Gasteiger partial charge is 0.337 e. The van der Waals surface area contributed by atoms with E-state index in [0.717, 1.165) is 0 Å². The molecule has 1 unspecified atom stereocenters. The monoisotopic (exact) mass is 300 g/mol. The van der Waals surface area contributed by atoms with E-state index in [-0.39, 0.29) is 17.8 Å². The first kappa shape index (κ1) is 16.0. The first-order chi connectivity index (χ1) is 9.43. The van der Waals surface area contributed by atoms with Crippen LogP contribution < -0.4 is 15.4 Å². The lowest BCUT2D eigenvalue weighted by molar-refractivity contribution is 0.0698. The minimum atomic E-state index is -1.15. The molecular weight excluding hydrogens is 284 g/mol. The van der Waals surface area contributed by atoms with Gasteiger partial charge in [0.05, 0.1) is 18.4 Å². The molecule has 0 fully saturated rings. The average Bonchev–Trinajstić information content (AvgIpc) is 2.37. The summed E-state index contributed by atoms with van der Waals surface area (Å²) in [6.45, 7) is 0.237. The fourth-order valence-corrected chi connectivity index (χ4v) is 1.80. The number of carboxylic acids is 1. The van der Waals surface area contributed by atoms with Crippen molar-refractivity contribution in [2.45, 2.75) is 0 Å². The van der Waals surface area contributed by atoms with Crippen LogP contribution in [0.25, 0.3) is 0 Å². The van der Waals surface area contributed by atoms with Gasteiger partial charge in [0.25, 0.3) is 0 Å². The first-order valence-electron chi connectivity index (χ1n) is 5.70. The van der Waals surface area contributed by atoms with Gasteiger partial charge in [0.15, 0.2) is 0 Å². The van der Waals surface area contributed by atoms with E-state index in [1.165, 1.54) is 31.6 Å². The molecule has 1 aromatic rings. The van der Waals surface area contributed by atoms with E-state index in [0.29, 0.717) is 11.5 Å². The quantitative estimate of drug-likeness (QED) is 0.724. The Labute approximate surface area is 118 Å². The molecule has 1 rings (SSSR count). The van der Waals surface area contributed by atoms with Crippen LogP contribution in [0.3, 0.4) is 0 Å². The predicted molar refractivity (Wildman–Crippen MR) is 75.9 cm³/mol. The predicted octanol–water partition coefficient (Wildman–Crippen LogP) is 0.893. The molecule has 1 aromatic carbocycles. The molecule has 0 radical (unpaired) electrons. The summed E-state index contributed by atoms with van der Waals surface area (Å²) >= 11 is 0. The van der Waals surface area contributed by atoms with Crippen LogP contribution in [0.4, 0.5) is 10.5 Å². The zero-order valence-corrected chi connectivity index (χ0v) is 12.0. The van der Waals surface area contributed by atoms with Crippen LogP contribution in [0, 0.1) is 0 Å². The van der Waals surface area contributed by atoms with Crippen LogP contribution in [0.2, 0.25) is 0 Å². The van der Waals surface area contributed by atoms with Crippen molar-refractivity contribution in [3.05, 3.63) is 23.8 Å². The summed E-state index contributed by atoms with van der Waals surface area (Å²) < 4.78 is 15.8. The summed E-state index contributed by atoms with van der Waals surface area (Å²) in [5, 5.41) is 14.0. The van der Waals surface area contributed by atoms with Gasteiger partial charge in [-0.3, -0.25) is 4.21 Å². The number of nitrogens with one attached hydrogen (secondary N) is 2. The fraction of sp³-hybridized carbons (Fsp3) is 0.333. The summed E-state index contributed by atoms with van der Waals surface area (Å²) in [5.41, 5.74) is 0.0898. The summed E-state index contributed by atoms with van der Waals surface area (Å²) in [6, 6.07) is 3.69. The number of urea groups is 1. The summed E-state index contributed by atoms with van der Waals surface area (Å²) in [7, 11) is 0.439. The standard InChI is InChI=1S/C12H16N2O5S/c1-19-8-3-4-9(11(15)16)10(7-8)14-12(17)13-5-6-20(2)18/h3-4,7H,5-6H2,1-2H3,(H,15,16)(H2,13,14,17). The maximum Gasteiger partial charge on any atom is 0.337 e. The molecule has 0 aliphatic heterocycles. The van der Waals surface area contributed by atoms with Crippen LogP contribution in [0.15, 0.2) is 18.2 Å². The van der Waals surface area contributed by atoms with Gasteiger partial charge in [-0.05, 0) is 12.1 Å². The number of hydrogen-bond acceptors (Lipinski definition) is 4. The highest BCUT2D eigenvalue weighted by Gasteiger charge is 2.13. The SMILES string of the molecule is COc1ccc(C(=O)O)c(NC(=O)NCCS(C)=O)c1. The van der Waals surface area contributed by atoms with Gasteiger partial charge < -0.3 is 20.5 Å². The molecule has 2 amide bonds. The Kier molecular flexibility index (Phi) is 5.98. The van der Waals surface area contributed by atoms with Gasteiger partial charge in [-0.25, -0.2) is 9.59 Å². The number of aromatic carboxylic acids is 1. The van der Waals surface area contributed by atoms with Gasteiger partial charge in [-0.1, -0.05) is 0 Å². The Balaban J connectivity index is 2.76. The van der Waals surface area contributed by atoms with E-state index in [1.54, 1.807) is 0 Å². The highest BCUT2D eigenvalue weighted by Crippen LogP contribution is 2.22. The normalized spacial score (nSPS) is 11.5. The van der Waals surface area contributed by atoms with Gasteiger partial charge in [-0.15, -0.1) is 0 Å². The van der Waals surface area contributed by atoms with Crippen molar-refractivity contribution in [2.75, 3.05) is 31.0 Å². The number of benzene rings is 1. The first-order valence-corrected chi connectivity index (χ1v) is 7.43. The van der Waals surface area contributed by atoms with Crippen molar-refractivity contribution < 1.29 is 23.6 Å². The molecule has 0 heterocycles. The average molecular weight is 300 g/mol. The lowest BCUT2D eigenvalue weighted by Crippen LogP contribution is -2.32. The van der Waals surface area contributed by atoms with Gasteiger partial charge in [0.1, 0.15) is 5.75 Å². The van der Waals surface area contributed by atoms with Crippen LogP contribution in [0.1, 0.15) is 10.4 Å². The van der Waals surface area contributed by atoms with Gasteiger partial charge in [-0.2, -0.15) is 0 Å². The summed E-state index contributed by atoms with van der Waals surface area (Å²) in [6.07, 6.45) is 1.53. The number of ether oxygens (including phenoxy) is 1. The zero-order valence-electron chi connectivity index (χ0n) is 11.1. The van der Waals surface area contributed by atoms with Crippen molar-refractivity contribution in [1.82, 2.24) is 5.32 Å². The number of carbonyl (C=O) groups excluding carboxylic acids is 1. The highest BCUT2D eigenvalue weighted by atomic mass is 32.2. The third kappa shape index (κ3) is 4.88. The van der Waals surface area contributed by atoms with E-state index in [9.17, 15) is 13.8 Å². The van der Waals surface area contributed by atoms with Crippen molar-refractivity contribution in [3.63, 3.8) is 0 Å². The lowest BCUT2D eigenvalue weighted by Gasteiger charge is -2.11. The van der Waals surface area contributed by atoms with E-state index >= 15 is 0 Å². The highest BCUT2D eigenvalue weighted by molar-refractivity contribution is 7.84. The van der Waals surface area contributed by atoms with Crippen molar-refractivity contribution in [1.29, 1.82) is 0 Å². The molecule has 0 aliphatic carbocycles. The Morgan fingerprint density at radius 1 is 1.40 bits per heavy atom. The fourth-order valence-electron chi connectivity index (χ4n) is 1.42. The molecule has 0 bridgehead atoms. The summed E-state index contributed by atoms with van der Waals surface area (Å²) in [4.78, 5) is 22.7. The Bertz CT molecular complexity index is 533. The number of amides is 2. The number of methoxy groups -OCH3 is 1. The van der Waals surface area contributed by atoms with Crippen LogP contribution >= 0.6 is 0 Å². The van der Waals surface area contributed by atoms with Gasteiger partial charge >= 0.3 is 12.0 Å². The molecule has 0 saturated heterocycles. The van der Waals surface area contributed by atoms with Crippen molar-refractivity contribution in [3.8, 4) is 5.75 Å². The van der Waals surface area contributed by atoms with Crippen LogP contribution in [-0.2, 0) is 10.8 Å². The molecule has 0 spiro atoms. The second-order valence-corrected chi connectivity index (χ2v) is 5.43. The Morgan fingerprint density at radius 3 is 2.65 bits per heavy atom. The summed E-state index contributed by atoms with van der Waals surface area (Å²) in [5.74, 6) is -0.394. The largest absolute Gasteiger partial charge is 0.497 e. The third-order valence-electron chi connectivity index (χ3n) is 2.38. The van der Waals surface area contributed by atoms with Crippen molar-refractivity contribution >= 4 is 28.5 Å². The maximum absolute atomic E-state index is 11.6. The molecule has 110 valence electrons. The van der Waals surface area contributed by atoms with Crippen LogP contribution in [-0.4, -0.2) is 47.0 Å².